The highest BCUT2D eigenvalue weighted by molar-refractivity contribution is 5.93. The number of piperazine rings is 1. The highest BCUT2D eigenvalue weighted by Gasteiger charge is 2.30. The number of aliphatic carboxylic acids is 1. The molecule has 0 radical (unpaired) electrons. The number of likely N-dealkylation sites (N-methyl/N-ethyl adjacent to an activating group) is 1. The third-order valence-corrected chi connectivity index (χ3v) is 4.97. The average molecular weight is 348 g/mol. The summed E-state index contributed by atoms with van der Waals surface area (Å²) in [6.07, 6.45) is 3.29. The molecule has 3 N–H and O–H groups in total. The first-order valence-corrected chi connectivity index (χ1v) is 9.25. The van der Waals surface area contributed by atoms with E-state index in [1.807, 2.05) is 24.3 Å². The lowest BCUT2D eigenvalue weighted by Crippen LogP contribution is -3.29. The molecule has 1 amide bonds. The summed E-state index contributed by atoms with van der Waals surface area (Å²) in [4.78, 5) is 26.1. The maximum atomic E-state index is 12.3. The van der Waals surface area contributed by atoms with Gasteiger partial charge in [-0.2, -0.15) is 0 Å². The van der Waals surface area contributed by atoms with Gasteiger partial charge in [-0.3, -0.25) is 4.79 Å². The monoisotopic (exact) mass is 348 g/mol. The van der Waals surface area contributed by atoms with E-state index in [0.29, 0.717) is 5.69 Å². The van der Waals surface area contributed by atoms with Crippen molar-refractivity contribution in [3.05, 3.63) is 29.8 Å². The lowest BCUT2D eigenvalue weighted by atomic mass is 10.1. The molecule has 138 valence electrons. The zero-order valence-electron chi connectivity index (χ0n) is 15.3. The molecule has 0 aliphatic carbocycles. The molecule has 1 saturated heterocycles. The normalized spacial score (nSPS) is 21.5. The van der Waals surface area contributed by atoms with Crippen LogP contribution in [0.2, 0.25) is 0 Å². The van der Waals surface area contributed by atoms with Crippen molar-refractivity contribution < 1.29 is 24.5 Å². The Bertz CT molecular complexity index is 566. The van der Waals surface area contributed by atoms with Crippen molar-refractivity contribution in [1.82, 2.24) is 0 Å². The molecule has 0 spiro atoms. The Morgan fingerprint density at radius 3 is 2.36 bits per heavy atom. The lowest BCUT2D eigenvalue weighted by Gasteiger charge is -2.33. The summed E-state index contributed by atoms with van der Waals surface area (Å²) in [6.45, 7) is 5.50. The molecular weight excluding hydrogens is 318 g/mol. The number of hydrogen-bond acceptors (Lipinski definition) is 3. The van der Waals surface area contributed by atoms with Crippen LogP contribution in [0.15, 0.2) is 24.3 Å². The molecule has 1 fully saturated rings. The van der Waals surface area contributed by atoms with Crippen LogP contribution in [0.4, 0.5) is 5.69 Å². The van der Waals surface area contributed by atoms with Crippen LogP contribution >= 0.6 is 0 Å². The van der Waals surface area contributed by atoms with E-state index in [2.05, 4.69) is 19.3 Å². The number of nitrogens with one attached hydrogen (secondary N) is 3. The first-order chi connectivity index (χ1) is 12.0. The molecule has 0 saturated carbocycles. The minimum Gasteiger partial charge on any atom is -0.544 e. The highest BCUT2D eigenvalue weighted by atomic mass is 16.4. The maximum Gasteiger partial charge on any atom is 0.230 e. The van der Waals surface area contributed by atoms with Crippen molar-refractivity contribution in [1.29, 1.82) is 0 Å². The van der Waals surface area contributed by atoms with Crippen LogP contribution in [0, 0.1) is 0 Å². The molecule has 1 aromatic rings. The molecule has 6 nitrogen and oxygen atoms in total. The van der Waals surface area contributed by atoms with E-state index >= 15 is 0 Å². The van der Waals surface area contributed by atoms with Gasteiger partial charge in [0.25, 0.3) is 0 Å². The fourth-order valence-electron chi connectivity index (χ4n) is 3.27. The SMILES string of the molecule is CCCCc1ccc(NC(=O)C[C@H](C(=O)[O-])[NH+]2CC[NH+](C)CC2)cc1. The predicted octanol–water partition coefficient (Wildman–Crippen LogP) is -2.11. The quantitative estimate of drug-likeness (QED) is 0.503. The Morgan fingerprint density at radius 2 is 1.80 bits per heavy atom. The van der Waals surface area contributed by atoms with Crippen LogP contribution in [0.3, 0.4) is 0 Å². The second-order valence-electron chi connectivity index (χ2n) is 7.04. The second-order valence-corrected chi connectivity index (χ2v) is 7.04. The van der Waals surface area contributed by atoms with Gasteiger partial charge in [0.2, 0.25) is 5.91 Å². The molecule has 1 aliphatic rings. The Hall–Kier alpha value is -1.92. The van der Waals surface area contributed by atoms with Crippen LogP contribution in [0.1, 0.15) is 31.7 Å². The minimum absolute atomic E-state index is 0.0473. The standard InChI is InChI=1S/C19H29N3O3/c1-3-4-5-15-6-8-16(9-7-15)20-18(23)14-17(19(24)25)22-12-10-21(2)11-13-22/h6-9,17H,3-5,10-14H2,1-2H3,(H,20,23)(H,24,25)/p+1/t17-/m1/s1. The van der Waals surface area contributed by atoms with E-state index in [1.165, 1.54) is 10.5 Å². The number of aryl methyl sites for hydroxylation is 1. The van der Waals surface area contributed by atoms with Crippen LogP contribution in [0.25, 0.3) is 0 Å². The Labute approximate surface area is 149 Å². The fourth-order valence-corrected chi connectivity index (χ4v) is 3.27. The summed E-state index contributed by atoms with van der Waals surface area (Å²) in [5.74, 6) is -1.41. The van der Waals surface area contributed by atoms with Crippen molar-refractivity contribution >= 4 is 17.6 Å². The summed E-state index contributed by atoms with van der Waals surface area (Å²) in [5.41, 5.74) is 1.96. The molecule has 0 aromatic heterocycles. The van der Waals surface area contributed by atoms with Crippen molar-refractivity contribution in [2.75, 3.05) is 38.5 Å². The van der Waals surface area contributed by atoms with Gasteiger partial charge in [-0.1, -0.05) is 25.5 Å². The van der Waals surface area contributed by atoms with Gasteiger partial charge in [-0.25, -0.2) is 0 Å². The van der Waals surface area contributed by atoms with E-state index in [9.17, 15) is 14.7 Å². The molecule has 1 aliphatic heterocycles. The topological polar surface area (TPSA) is 78.1 Å². The number of anilines is 1. The van der Waals surface area contributed by atoms with Gasteiger partial charge in [0.15, 0.2) is 0 Å². The molecule has 1 atom stereocenters. The summed E-state index contributed by atoms with van der Waals surface area (Å²) in [7, 11) is 2.10. The number of amides is 1. The Balaban J connectivity index is 1.89. The first kappa shape index (κ1) is 19.4. The van der Waals surface area contributed by atoms with Crippen LogP contribution in [-0.4, -0.2) is 51.1 Å². The number of benzene rings is 1. The van der Waals surface area contributed by atoms with Gasteiger partial charge in [-0.05, 0) is 30.5 Å². The molecule has 1 heterocycles. The Morgan fingerprint density at radius 1 is 1.16 bits per heavy atom. The summed E-state index contributed by atoms with van der Waals surface area (Å²) >= 11 is 0. The fraction of sp³-hybridized carbons (Fsp3) is 0.579. The van der Waals surface area contributed by atoms with Crippen LogP contribution < -0.4 is 20.2 Å². The van der Waals surface area contributed by atoms with Gasteiger partial charge >= 0.3 is 0 Å². The number of carbonyl (C=O) groups is 2. The van der Waals surface area contributed by atoms with E-state index in [0.717, 1.165) is 50.3 Å². The largest absolute Gasteiger partial charge is 0.544 e. The van der Waals surface area contributed by atoms with Crippen molar-refractivity contribution in [2.45, 2.75) is 38.6 Å². The number of hydrogen-bond donors (Lipinski definition) is 3. The van der Waals surface area contributed by atoms with Gasteiger partial charge in [0.05, 0.1) is 19.4 Å². The van der Waals surface area contributed by atoms with Crippen LogP contribution in [0.5, 0.6) is 0 Å². The molecule has 0 unspecified atom stereocenters. The van der Waals surface area contributed by atoms with Gasteiger partial charge < -0.3 is 25.0 Å². The van der Waals surface area contributed by atoms with E-state index in [4.69, 9.17) is 0 Å². The van der Waals surface area contributed by atoms with E-state index in [-0.39, 0.29) is 12.3 Å². The molecular formula is C19H30N3O3+. The summed E-state index contributed by atoms with van der Waals surface area (Å²) in [5, 5.41) is 14.3. The highest BCUT2D eigenvalue weighted by Crippen LogP contribution is 2.12. The first-order valence-electron chi connectivity index (χ1n) is 9.25. The van der Waals surface area contributed by atoms with E-state index < -0.39 is 12.0 Å². The second kappa shape index (κ2) is 9.53. The van der Waals surface area contributed by atoms with E-state index in [1.54, 1.807) is 0 Å². The number of quaternary nitrogens is 2. The minimum atomic E-state index is -1.14. The Kier molecular flexibility index (Phi) is 7.40. The van der Waals surface area contributed by atoms with Crippen molar-refractivity contribution in [3.8, 4) is 0 Å². The third-order valence-electron chi connectivity index (χ3n) is 4.97. The molecule has 6 heteroatoms. The molecule has 25 heavy (non-hydrogen) atoms. The number of carboxylic acids is 1. The van der Waals surface area contributed by atoms with Gasteiger partial charge in [-0.15, -0.1) is 0 Å². The van der Waals surface area contributed by atoms with Crippen LogP contribution in [-0.2, 0) is 16.0 Å². The lowest BCUT2D eigenvalue weighted by molar-refractivity contribution is -1.01. The number of rotatable bonds is 8. The average Bonchev–Trinajstić information content (AvgIpc) is 2.60. The van der Waals surface area contributed by atoms with Gasteiger partial charge in [0, 0.05) is 5.69 Å². The van der Waals surface area contributed by atoms with Gasteiger partial charge in [0.1, 0.15) is 32.2 Å². The van der Waals surface area contributed by atoms with Crippen molar-refractivity contribution in [3.63, 3.8) is 0 Å². The maximum absolute atomic E-state index is 12.3. The smallest absolute Gasteiger partial charge is 0.230 e. The molecule has 1 aromatic carbocycles. The van der Waals surface area contributed by atoms with Crippen molar-refractivity contribution in [2.24, 2.45) is 0 Å². The zero-order chi connectivity index (χ0) is 18.2. The number of unbranched alkanes of at least 4 members (excludes halogenated alkanes) is 1. The molecule has 0 bridgehead atoms. The number of carboxylic acid groups (broad SMARTS) is 1. The summed E-state index contributed by atoms with van der Waals surface area (Å²) < 4.78 is 0. The number of carbonyl (C=O) groups excluding carboxylic acids is 2. The molecule has 2 rings (SSSR count). The zero-order valence-corrected chi connectivity index (χ0v) is 15.3. The summed E-state index contributed by atoms with van der Waals surface area (Å²) in [6, 6.07) is 7.00. The third kappa shape index (κ3) is 6.14. The predicted molar refractivity (Wildman–Crippen MR) is 94.4 cm³/mol.